The maximum Gasteiger partial charge on any atom is 0.260 e. The molecular weight excluding hydrogens is 805 g/mol. The molecule has 2 aliphatic rings. The minimum absolute atomic E-state index is 0.0129. The van der Waals surface area contributed by atoms with Gasteiger partial charge in [0.2, 0.25) is 0 Å². The molecule has 5 heterocycles. The maximum absolute atomic E-state index is 6.82. The molecule has 0 amide bonds. The SMILES string of the molecule is c1ccc(-n2c3ccccc3c3c2c2c4ccccc4n(-c4ccccc4)c2c2c4cc(-c5cc6c7c(c5)Oc5ccccc5B7c5ccccc5O6)ccc4n(-c4ccccc4)c32)cc1. The molecule has 0 N–H and O–H groups in total. The van der Waals surface area contributed by atoms with E-state index in [4.69, 9.17) is 9.47 Å². The van der Waals surface area contributed by atoms with Crippen LogP contribution in [0.15, 0.2) is 218 Å². The van der Waals surface area contributed by atoms with Gasteiger partial charge >= 0.3 is 0 Å². The molecule has 10 aromatic carbocycles. The summed E-state index contributed by atoms with van der Waals surface area (Å²) in [7, 11) is 0. The summed E-state index contributed by atoms with van der Waals surface area (Å²) in [5.41, 5.74) is 15.8. The van der Waals surface area contributed by atoms with E-state index in [0.717, 1.165) is 84.0 Å². The molecule has 306 valence electrons. The topological polar surface area (TPSA) is 33.2 Å². The predicted octanol–water partition coefficient (Wildman–Crippen LogP) is 13.4. The third-order valence-electron chi connectivity index (χ3n) is 14.1. The number of hydrogen-bond donors (Lipinski definition) is 0. The van der Waals surface area contributed by atoms with E-state index in [-0.39, 0.29) is 6.71 Å². The number of para-hydroxylation sites is 7. The van der Waals surface area contributed by atoms with Crippen molar-refractivity contribution >= 4 is 88.5 Å². The average molecular weight is 842 g/mol. The van der Waals surface area contributed by atoms with Crippen LogP contribution in [0.25, 0.3) is 93.6 Å². The molecule has 0 bridgehead atoms. The van der Waals surface area contributed by atoms with E-state index in [1.165, 1.54) is 49.0 Å². The van der Waals surface area contributed by atoms with Crippen LogP contribution in [0.4, 0.5) is 0 Å². The first-order valence-electron chi connectivity index (χ1n) is 22.6. The number of aromatic nitrogens is 3. The zero-order chi connectivity index (χ0) is 43.0. The summed E-state index contributed by atoms with van der Waals surface area (Å²) < 4.78 is 21.1. The third-order valence-corrected chi connectivity index (χ3v) is 14.1. The van der Waals surface area contributed by atoms with Gasteiger partial charge in [-0.2, -0.15) is 0 Å². The summed E-state index contributed by atoms with van der Waals surface area (Å²) >= 11 is 0. The molecule has 66 heavy (non-hydrogen) atoms. The number of rotatable bonds is 4. The lowest BCUT2D eigenvalue weighted by Gasteiger charge is -2.33. The molecule has 0 saturated carbocycles. The third kappa shape index (κ3) is 4.79. The van der Waals surface area contributed by atoms with Crippen LogP contribution < -0.4 is 25.9 Å². The largest absolute Gasteiger partial charge is 0.458 e. The Morgan fingerprint density at radius 2 is 0.697 bits per heavy atom. The van der Waals surface area contributed by atoms with Crippen molar-refractivity contribution in [3.8, 4) is 51.2 Å². The van der Waals surface area contributed by atoms with Gasteiger partial charge in [0.05, 0.1) is 33.1 Å². The molecule has 6 heteroatoms. The van der Waals surface area contributed by atoms with Crippen molar-refractivity contribution in [3.05, 3.63) is 218 Å². The number of benzene rings is 10. The molecule has 13 aromatic rings. The molecule has 5 nitrogen and oxygen atoms in total. The van der Waals surface area contributed by atoms with Crippen molar-refractivity contribution in [3.63, 3.8) is 0 Å². The van der Waals surface area contributed by atoms with Gasteiger partial charge in [0.15, 0.2) is 0 Å². The van der Waals surface area contributed by atoms with Crippen LogP contribution in [0, 0.1) is 0 Å². The Morgan fingerprint density at radius 1 is 0.303 bits per heavy atom. The lowest BCUT2D eigenvalue weighted by molar-refractivity contribution is 0.465. The predicted molar refractivity (Wildman–Crippen MR) is 273 cm³/mol. The second-order valence-electron chi connectivity index (χ2n) is 17.5. The maximum atomic E-state index is 6.82. The molecular formula is C60H36BN3O2. The van der Waals surface area contributed by atoms with Crippen LogP contribution in [0.3, 0.4) is 0 Å². The fourth-order valence-corrected chi connectivity index (χ4v) is 11.5. The van der Waals surface area contributed by atoms with E-state index in [1.807, 2.05) is 0 Å². The highest BCUT2D eigenvalue weighted by atomic mass is 16.5. The second-order valence-corrected chi connectivity index (χ2v) is 17.5. The number of ether oxygens (including phenoxy) is 2. The summed E-state index contributed by atoms with van der Waals surface area (Å²) in [4.78, 5) is 0. The zero-order valence-corrected chi connectivity index (χ0v) is 35.5. The van der Waals surface area contributed by atoms with Gasteiger partial charge < -0.3 is 23.2 Å². The monoisotopic (exact) mass is 841 g/mol. The molecule has 0 unspecified atom stereocenters. The fourth-order valence-electron chi connectivity index (χ4n) is 11.5. The highest BCUT2D eigenvalue weighted by Gasteiger charge is 2.40. The van der Waals surface area contributed by atoms with Crippen LogP contribution in [0.1, 0.15) is 0 Å². The van der Waals surface area contributed by atoms with Gasteiger partial charge in [-0.05, 0) is 107 Å². The van der Waals surface area contributed by atoms with Gasteiger partial charge in [-0.3, -0.25) is 0 Å². The second kappa shape index (κ2) is 13.4. The zero-order valence-electron chi connectivity index (χ0n) is 35.5. The summed E-state index contributed by atoms with van der Waals surface area (Å²) in [6, 6.07) is 78.7. The van der Waals surface area contributed by atoms with Crippen molar-refractivity contribution in [2.24, 2.45) is 0 Å². The molecule has 0 atom stereocenters. The fraction of sp³-hybridized carbons (Fsp3) is 0. The highest BCUT2D eigenvalue weighted by Crippen LogP contribution is 2.51. The molecule has 0 saturated heterocycles. The van der Waals surface area contributed by atoms with E-state index in [0.29, 0.717) is 0 Å². The Morgan fingerprint density at radius 3 is 1.18 bits per heavy atom. The van der Waals surface area contributed by atoms with Crippen molar-refractivity contribution in [2.45, 2.75) is 0 Å². The van der Waals surface area contributed by atoms with E-state index in [9.17, 15) is 0 Å². The Kier molecular flexibility index (Phi) is 7.24. The molecule has 0 spiro atoms. The minimum atomic E-state index is 0.0129. The minimum Gasteiger partial charge on any atom is -0.458 e. The summed E-state index contributed by atoms with van der Waals surface area (Å²) in [6.45, 7) is 0.0129. The molecule has 0 fully saturated rings. The summed E-state index contributed by atoms with van der Waals surface area (Å²) in [5, 5.41) is 7.22. The quantitative estimate of drug-likeness (QED) is 0.165. The van der Waals surface area contributed by atoms with Crippen molar-refractivity contribution in [1.82, 2.24) is 13.7 Å². The first-order valence-corrected chi connectivity index (χ1v) is 22.6. The Bertz CT molecular complexity index is 4060. The lowest BCUT2D eigenvalue weighted by Crippen LogP contribution is -2.57. The number of hydrogen-bond acceptors (Lipinski definition) is 2. The van der Waals surface area contributed by atoms with Crippen LogP contribution >= 0.6 is 0 Å². The van der Waals surface area contributed by atoms with Gasteiger partial charge in [-0.15, -0.1) is 0 Å². The van der Waals surface area contributed by atoms with E-state index < -0.39 is 0 Å². The van der Waals surface area contributed by atoms with Gasteiger partial charge in [0.25, 0.3) is 6.71 Å². The van der Waals surface area contributed by atoms with Crippen LogP contribution in [-0.4, -0.2) is 20.4 Å². The molecule has 0 radical (unpaired) electrons. The van der Waals surface area contributed by atoms with Gasteiger partial charge in [-0.25, -0.2) is 0 Å². The Labute approximate surface area is 379 Å². The van der Waals surface area contributed by atoms with Gasteiger partial charge in [0, 0.05) is 54.8 Å². The Balaban J connectivity index is 1.13. The smallest absolute Gasteiger partial charge is 0.260 e. The van der Waals surface area contributed by atoms with Crippen molar-refractivity contribution in [2.75, 3.05) is 0 Å². The van der Waals surface area contributed by atoms with Gasteiger partial charge in [-0.1, -0.05) is 133 Å². The molecule has 2 aliphatic heterocycles. The Hall–Kier alpha value is -8.74. The van der Waals surface area contributed by atoms with Crippen molar-refractivity contribution < 1.29 is 9.47 Å². The lowest BCUT2D eigenvalue weighted by atomic mass is 9.35. The summed E-state index contributed by atoms with van der Waals surface area (Å²) in [6.07, 6.45) is 0. The number of fused-ring (bicyclic) bond motifs is 16. The van der Waals surface area contributed by atoms with E-state index in [1.54, 1.807) is 0 Å². The summed E-state index contributed by atoms with van der Waals surface area (Å²) in [5.74, 6) is 3.42. The first kappa shape index (κ1) is 35.7. The van der Waals surface area contributed by atoms with Crippen LogP contribution in [0.2, 0.25) is 0 Å². The van der Waals surface area contributed by atoms with E-state index >= 15 is 0 Å². The standard InChI is InChI=1S/C60H36BN3O2/c1-4-18-39(19-5-1)62-47-28-14-10-24-42(47)55-58(62)54-43-25-11-15-29-48(43)63(40-20-6-2-7-21-40)59(54)56-44-34-37(32-33-49(44)64(60(55)56)41-22-8-3-9-23-41)38-35-52-57-53(36-38)66-51-31-17-13-27-46(51)61(57)45-26-12-16-30-50(45)65-52/h1-36H. The first-order chi connectivity index (χ1) is 32.8. The molecule has 0 aliphatic carbocycles. The van der Waals surface area contributed by atoms with Crippen LogP contribution in [0.5, 0.6) is 23.0 Å². The normalized spacial score (nSPS) is 12.8. The molecule has 15 rings (SSSR count). The average Bonchev–Trinajstić information content (AvgIpc) is 4.03. The van der Waals surface area contributed by atoms with Gasteiger partial charge in [0.1, 0.15) is 23.0 Å². The number of nitrogens with zero attached hydrogens (tertiary/aromatic N) is 3. The van der Waals surface area contributed by atoms with Crippen molar-refractivity contribution in [1.29, 1.82) is 0 Å². The van der Waals surface area contributed by atoms with Crippen LogP contribution in [-0.2, 0) is 0 Å². The van der Waals surface area contributed by atoms with E-state index in [2.05, 4.69) is 232 Å². The molecule has 3 aromatic heterocycles. The highest BCUT2D eigenvalue weighted by molar-refractivity contribution is 6.98.